The zero-order valence-corrected chi connectivity index (χ0v) is 10.6. The van der Waals surface area contributed by atoms with Crippen LogP contribution in [0.4, 0.5) is 15.8 Å². The molecule has 1 heterocycles. The standard InChI is InChI=1S/C13H17FN2O2/c1-9-6-7-15(8-10(9)2)12-5-3-4-11(14)13(12)16(17)18/h3-5,9-10H,6-8H2,1-2H3. The Morgan fingerprint density at radius 2 is 2.11 bits per heavy atom. The summed E-state index contributed by atoms with van der Waals surface area (Å²) in [6.07, 6.45) is 0.981. The Morgan fingerprint density at radius 3 is 2.72 bits per heavy atom. The summed E-state index contributed by atoms with van der Waals surface area (Å²) in [5, 5.41) is 11.0. The lowest BCUT2D eigenvalue weighted by Crippen LogP contribution is -2.38. The minimum atomic E-state index is -0.760. The number of rotatable bonds is 2. The number of anilines is 1. The van der Waals surface area contributed by atoms with E-state index in [1.165, 1.54) is 6.07 Å². The van der Waals surface area contributed by atoms with Crippen LogP contribution in [0.2, 0.25) is 0 Å². The zero-order valence-electron chi connectivity index (χ0n) is 10.6. The fraction of sp³-hybridized carbons (Fsp3) is 0.538. The molecule has 0 aliphatic carbocycles. The summed E-state index contributed by atoms with van der Waals surface area (Å²) >= 11 is 0. The van der Waals surface area contributed by atoms with E-state index in [4.69, 9.17) is 0 Å². The van der Waals surface area contributed by atoms with Gasteiger partial charge in [-0.25, -0.2) is 0 Å². The molecular weight excluding hydrogens is 235 g/mol. The van der Waals surface area contributed by atoms with E-state index in [9.17, 15) is 14.5 Å². The van der Waals surface area contributed by atoms with Crippen LogP contribution in [0.15, 0.2) is 18.2 Å². The van der Waals surface area contributed by atoms with Gasteiger partial charge in [0.1, 0.15) is 5.69 Å². The number of hydrogen-bond donors (Lipinski definition) is 0. The van der Waals surface area contributed by atoms with Crippen molar-refractivity contribution in [3.05, 3.63) is 34.1 Å². The highest BCUT2D eigenvalue weighted by Crippen LogP contribution is 2.34. The molecule has 98 valence electrons. The Labute approximate surface area is 106 Å². The minimum Gasteiger partial charge on any atom is -0.366 e. The summed E-state index contributed by atoms with van der Waals surface area (Å²) in [5.41, 5.74) is -0.00185. The van der Waals surface area contributed by atoms with Gasteiger partial charge >= 0.3 is 5.69 Å². The van der Waals surface area contributed by atoms with E-state index in [1.807, 2.05) is 4.90 Å². The van der Waals surface area contributed by atoms with Gasteiger partial charge in [0.25, 0.3) is 0 Å². The highest BCUT2D eigenvalue weighted by Gasteiger charge is 2.29. The monoisotopic (exact) mass is 252 g/mol. The van der Waals surface area contributed by atoms with Crippen LogP contribution in [0.5, 0.6) is 0 Å². The van der Waals surface area contributed by atoms with Crippen LogP contribution in [0.25, 0.3) is 0 Å². The van der Waals surface area contributed by atoms with Crippen LogP contribution in [0.1, 0.15) is 20.3 Å². The Bertz CT molecular complexity index is 464. The molecule has 0 bridgehead atoms. The molecule has 0 amide bonds. The van der Waals surface area contributed by atoms with E-state index in [0.29, 0.717) is 17.5 Å². The molecule has 2 rings (SSSR count). The molecule has 0 aromatic heterocycles. The highest BCUT2D eigenvalue weighted by atomic mass is 19.1. The van der Waals surface area contributed by atoms with Crippen LogP contribution in [-0.2, 0) is 0 Å². The SMILES string of the molecule is CC1CCN(c2cccc(F)c2[N+](=O)[O-])CC1C. The lowest BCUT2D eigenvalue weighted by molar-refractivity contribution is -0.386. The third-order valence-electron chi connectivity index (χ3n) is 3.82. The number of nitro groups is 1. The van der Waals surface area contributed by atoms with Gasteiger partial charge in [-0.15, -0.1) is 0 Å². The maximum atomic E-state index is 13.6. The van der Waals surface area contributed by atoms with Gasteiger partial charge in [-0.2, -0.15) is 4.39 Å². The zero-order chi connectivity index (χ0) is 13.3. The lowest BCUT2D eigenvalue weighted by atomic mass is 9.88. The second kappa shape index (κ2) is 4.92. The number of para-hydroxylation sites is 1. The Morgan fingerprint density at radius 1 is 1.39 bits per heavy atom. The van der Waals surface area contributed by atoms with Crippen molar-refractivity contribution in [3.63, 3.8) is 0 Å². The fourth-order valence-corrected chi connectivity index (χ4v) is 2.42. The van der Waals surface area contributed by atoms with E-state index < -0.39 is 16.4 Å². The van der Waals surface area contributed by atoms with Crippen LogP contribution in [-0.4, -0.2) is 18.0 Å². The van der Waals surface area contributed by atoms with Gasteiger partial charge < -0.3 is 4.90 Å². The molecular formula is C13H17FN2O2. The molecule has 1 aliphatic heterocycles. The third-order valence-corrected chi connectivity index (χ3v) is 3.82. The van der Waals surface area contributed by atoms with Crippen LogP contribution in [0, 0.1) is 27.8 Å². The normalized spacial score (nSPS) is 24.1. The lowest BCUT2D eigenvalue weighted by Gasteiger charge is -2.36. The van der Waals surface area contributed by atoms with Crippen LogP contribution < -0.4 is 4.90 Å². The van der Waals surface area contributed by atoms with Crippen molar-refractivity contribution in [1.29, 1.82) is 0 Å². The van der Waals surface area contributed by atoms with Crippen LogP contribution >= 0.6 is 0 Å². The van der Waals surface area contributed by atoms with Crippen molar-refractivity contribution in [3.8, 4) is 0 Å². The smallest absolute Gasteiger partial charge is 0.327 e. The Hall–Kier alpha value is -1.65. The van der Waals surface area contributed by atoms with Crippen molar-refractivity contribution in [2.75, 3.05) is 18.0 Å². The summed E-state index contributed by atoms with van der Waals surface area (Å²) in [5.74, 6) is 0.305. The third kappa shape index (κ3) is 2.30. The number of piperidine rings is 1. The van der Waals surface area contributed by atoms with E-state index in [1.54, 1.807) is 6.07 Å². The Balaban J connectivity index is 2.34. The van der Waals surface area contributed by atoms with E-state index in [2.05, 4.69) is 13.8 Å². The summed E-state index contributed by atoms with van der Waals surface area (Å²) in [6, 6.07) is 4.29. The average Bonchev–Trinajstić information content (AvgIpc) is 2.32. The van der Waals surface area contributed by atoms with Gasteiger partial charge in [0.05, 0.1) is 4.92 Å². The molecule has 0 spiro atoms. The number of hydrogen-bond acceptors (Lipinski definition) is 3. The second-order valence-corrected chi connectivity index (χ2v) is 5.05. The first-order chi connectivity index (χ1) is 8.50. The predicted octanol–water partition coefficient (Wildman–Crippen LogP) is 3.22. The predicted molar refractivity (Wildman–Crippen MR) is 68.2 cm³/mol. The molecule has 2 atom stereocenters. The quantitative estimate of drug-likeness (QED) is 0.599. The number of nitro benzene ring substituents is 1. The number of benzene rings is 1. The molecule has 5 heteroatoms. The summed E-state index contributed by atoms with van der Waals surface area (Å²) in [7, 11) is 0. The molecule has 2 unspecified atom stereocenters. The maximum absolute atomic E-state index is 13.6. The van der Waals surface area contributed by atoms with E-state index in [0.717, 1.165) is 25.6 Å². The van der Waals surface area contributed by atoms with Crippen molar-refractivity contribution in [1.82, 2.24) is 0 Å². The van der Waals surface area contributed by atoms with Gasteiger partial charge in [-0.3, -0.25) is 10.1 Å². The molecule has 1 aliphatic rings. The highest BCUT2D eigenvalue weighted by molar-refractivity contribution is 5.64. The van der Waals surface area contributed by atoms with Gasteiger partial charge in [0, 0.05) is 13.1 Å². The summed E-state index contributed by atoms with van der Waals surface area (Å²) in [6.45, 7) is 5.80. The molecule has 1 saturated heterocycles. The second-order valence-electron chi connectivity index (χ2n) is 5.05. The van der Waals surface area contributed by atoms with Crippen molar-refractivity contribution in [2.24, 2.45) is 11.8 Å². The minimum absolute atomic E-state index is 0.402. The maximum Gasteiger partial charge on any atom is 0.327 e. The first-order valence-corrected chi connectivity index (χ1v) is 6.18. The summed E-state index contributed by atoms with van der Waals surface area (Å²) < 4.78 is 13.6. The molecule has 18 heavy (non-hydrogen) atoms. The topological polar surface area (TPSA) is 46.4 Å². The number of nitrogens with zero attached hydrogens (tertiary/aromatic N) is 2. The van der Waals surface area contributed by atoms with Crippen LogP contribution in [0.3, 0.4) is 0 Å². The van der Waals surface area contributed by atoms with E-state index in [-0.39, 0.29) is 0 Å². The molecule has 0 radical (unpaired) electrons. The molecule has 4 nitrogen and oxygen atoms in total. The largest absolute Gasteiger partial charge is 0.366 e. The fourth-order valence-electron chi connectivity index (χ4n) is 2.42. The van der Waals surface area contributed by atoms with Crippen molar-refractivity contribution >= 4 is 11.4 Å². The van der Waals surface area contributed by atoms with Gasteiger partial charge in [-0.1, -0.05) is 19.9 Å². The molecule has 0 N–H and O–H groups in total. The van der Waals surface area contributed by atoms with Gasteiger partial charge in [0.15, 0.2) is 0 Å². The van der Waals surface area contributed by atoms with Gasteiger partial charge in [0.2, 0.25) is 5.82 Å². The molecule has 1 aromatic rings. The first-order valence-electron chi connectivity index (χ1n) is 6.18. The Kier molecular flexibility index (Phi) is 3.50. The first kappa shape index (κ1) is 12.8. The number of halogens is 1. The molecule has 0 saturated carbocycles. The molecule has 1 fully saturated rings. The summed E-state index contributed by atoms with van der Waals surface area (Å²) in [4.78, 5) is 12.3. The van der Waals surface area contributed by atoms with E-state index >= 15 is 0 Å². The van der Waals surface area contributed by atoms with Gasteiger partial charge in [-0.05, 0) is 30.4 Å². The van der Waals surface area contributed by atoms with Crippen molar-refractivity contribution in [2.45, 2.75) is 20.3 Å². The van der Waals surface area contributed by atoms with Crippen molar-refractivity contribution < 1.29 is 9.31 Å². The molecule has 1 aromatic carbocycles. The average molecular weight is 252 g/mol.